The Bertz CT molecular complexity index is 768. The van der Waals surface area contributed by atoms with Crippen LogP contribution in [0, 0.1) is 13.8 Å². The highest BCUT2D eigenvalue weighted by Crippen LogP contribution is 2.23. The molecule has 0 radical (unpaired) electrons. The number of benzene rings is 2. The molecule has 0 spiro atoms. The topological polar surface area (TPSA) is 50.8 Å². The predicted molar refractivity (Wildman–Crippen MR) is 109 cm³/mol. The van der Waals surface area contributed by atoms with Crippen molar-refractivity contribution < 1.29 is 14.3 Å². The lowest BCUT2D eigenvalue weighted by Gasteiger charge is -2.29. The van der Waals surface area contributed by atoms with E-state index in [-0.39, 0.29) is 5.91 Å². The zero-order chi connectivity index (χ0) is 19.2. The Morgan fingerprint density at radius 1 is 1.15 bits per heavy atom. The van der Waals surface area contributed by atoms with Gasteiger partial charge in [-0.05, 0) is 61.7 Å². The summed E-state index contributed by atoms with van der Waals surface area (Å²) in [6, 6.07) is 14.0. The molecule has 1 amide bonds. The highest BCUT2D eigenvalue weighted by atomic mass is 16.5. The molecular weight excluding hydrogens is 340 g/mol. The van der Waals surface area contributed by atoms with E-state index >= 15 is 0 Å². The number of carbonyl (C=O) groups is 1. The van der Waals surface area contributed by atoms with Gasteiger partial charge in [0.25, 0.3) is 5.91 Å². The number of carbonyl (C=O) groups excluding carboxylic acids is 1. The van der Waals surface area contributed by atoms with E-state index in [0.717, 1.165) is 54.6 Å². The summed E-state index contributed by atoms with van der Waals surface area (Å²) in [7, 11) is 0. The molecule has 0 aliphatic carbocycles. The maximum absolute atomic E-state index is 12.7. The van der Waals surface area contributed by atoms with Crippen LogP contribution in [0.3, 0.4) is 0 Å². The summed E-state index contributed by atoms with van der Waals surface area (Å²) in [5.74, 6) is 0.636. The van der Waals surface area contributed by atoms with Crippen molar-refractivity contribution in [2.45, 2.75) is 33.3 Å². The number of amides is 1. The minimum absolute atomic E-state index is 0.127. The lowest BCUT2D eigenvalue weighted by molar-refractivity contribution is -0.122. The van der Waals surface area contributed by atoms with Gasteiger partial charge in [0, 0.05) is 24.5 Å². The molecule has 1 fully saturated rings. The first kappa shape index (κ1) is 19.2. The second-order valence-corrected chi connectivity index (χ2v) is 6.92. The molecule has 144 valence electrons. The van der Waals surface area contributed by atoms with Crippen molar-refractivity contribution in [3.63, 3.8) is 0 Å². The zero-order valence-electron chi connectivity index (χ0n) is 16.3. The Kier molecular flexibility index (Phi) is 6.35. The van der Waals surface area contributed by atoms with Gasteiger partial charge >= 0.3 is 0 Å². The number of ether oxygens (including phenoxy) is 2. The van der Waals surface area contributed by atoms with E-state index in [9.17, 15) is 4.79 Å². The standard InChI is InChI=1S/C22H28N2O3/c1-4-20(27-21-15-16(2)5-6-17(21)3)22(25)23-18-7-9-19(10-8-18)24-11-13-26-14-12-24/h5-10,15,20H,4,11-14H2,1-3H3,(H,23,25)/t20-/m1/s1. The summed E-state index contributed by atoms with van der Waals surface area (Å²) >= 11 is 0. The number of rotatable bonds is 6. The fourth-order valence-corrected chi connectivity index (χ4v) is 3.11. The third-order valence-electron chi connectivity index (χ3n) is 4.79. The highest BCUT2D eigenvalue weighted by Gasteiger charge is 2.20. The second kappa shape index (κ2) is 8.91. The molecule has 1 N–H and O–H groups in total. The number of aryl methyl sites for hydroxylation is 2. The molecule has 2 aromatic rings. The van der Waals surface area contributed by atoms with Crippen molar-refractivity contribution in [1.29, 1.82) is 0 Å². The maximum atomic E-state index is 12.7. The van der Waals surface area contributed by atoms with Crippen LogP contribution in [-0.2, 0) is 9.53 Å². The third kappa shape index (κ3) is 5.01. The first-order valence-corrected chi connectivity index (χ1v) is 9.54. The lowest BCUT2D eigenvalue weighted by atomic mass is 10.1. The monoisotopic (exact) mass is 368 g/mol. The first-order chi connectivity index (χ1) is 13.1. The van der Waals surface area contributed by atoms with Gasteiger partial charge in [-0.15, -0.1) is 0 Å². The summed E-state index contributed by atoms with van der Waals surface area (Å²) in [4.78, 5) is 15.0. The number of anilines is 2. The smallest absolute Gasteiger partial charge is 0.265 e. The molecule has 0 unspecified atom stereocenters. The Balaban J connectivity index is 1.63. The summed E-state index contributed by atoms with van der Waals surface area (Å²) in [5, 5.41) is 2.97. The molecule has 0 bridgehead atoms. The van der Waals surface area contributed by atoms with E-state index in [0.29, 0.717) is 6.42 Å². The van der Waals surface area contributed by atoms with Crippen molar-refractivity contribution in [1.82, 2.24) is 0 Å². The molecule has 1 heterocycles. The largest absolute Gasteiger partial charge is 0.480 e. The van der Waals surface area contributed by atoms with Crippen LogP contribution < -0.4 is 15.0 Å². The lowest BCUT2D eigenvalue weighted by Crippen LogP contribution is -2.36. The SMILES string of the molecule is CC[C@@H](Oc1cc(C)ccc1C)C(=O)Nc1ccc(N2CCOCC2)cc1. The van der Waals surface area contributed by atoms with Crippen molar-refractivity contribution in [2.75, 3.05) is 36.5 Å². The van der Waals surface area contributed by atoms with Crippen LogP contribution in [0.5, 0.6) is 5.75 Å². The van der Waals surface area contributed by atoms with Gasteiger partial charge < -0.3 is 19.7 Å². The van der Waals surface area contributed by atoms with Gasteiger partial charge in [0.05, 0.1) is 13.2 Å². The van der Waals surface area contributed by atoms with Crippen LogP contribution in [0.15, 0.2) is 42.5 Å². The molecular formula is C22H28N2O3. The summed E-state index contributed by atoms with van der Waals surface area (Å²) in [5.41, 5.74) is 4.07. The Morgan fingerprint density at radius 3 is 2.52 bits per heavy atom. The van der Waals surface area contributed by atoms with Crippen LogP contribution >= 0.6 is 0 Å². The Labute approximate surface area is 161 Å². The number of nitrogens with one attached hydrogen (secondary N) is 1. The van der Waals surface area contributed by atoms with Crippen LogP contribution in [-0.4, -0.2) is 38.3 Å². The van der Waals surface area contributed by atoms with Crippen LogP contribution in [0.25, 0.3) is 0 Å². The summed E-state index contributed by atoms with van der Waals surface area (Å²) in [6.45, 7) is 9.27. The second-order valence-electron chi connectivity index (χ2n) is 6.92. The minimum Gasteiger partial charge on any atom is -0.480 e. The van der Waals surface area contributed by atoms with Crippen LogP contribution in [0.1, 0.15) is 24.5 Å². The molecule has 5 nitrogen and oxygen atoms in total. The van der Waals surface area contributed by atoms with Crippen LogP contribution in [0.2, 0.25) is 0 Å². The van der Waals surface area contributed by atoms with Crippen molar-refractivity contribution in [3.05, 3.63) is 53.6 Å². The van der Waals surface area contributed by atoms with Crippen molar-refractivity contribution >= 4 is 17.3 Å². The van der Waals surface area contributed by atoms with E-state index in [2.05, 4.69) is 10.2 Å². The quantitative estimate of drug-likeness (QED) is 0.839. The maximum Gasteiger partial charge on any atom is 0.265 e. The van der Waals surface area contributed by atoms with Crippen LogP contribution in [0.4, 0.5) is 11.4 Å². The van der Waals surface area contributed by atoms with E-state index in [1.807, 2.05) is 63.2 Å². The molecule has 3 rings (SSSR count). The normalized spacial score (nSPS) is 15.3. The fourth-order valence-electron chi connectivity index (χ4n) is 3.11. The number of hydrogen-bond donors (Lipinski definition) is 1. The Hall–Kier alpha value is -2.53. The van der Waals surface area contributed by atoms with Gasteiger partial charge in [-0.25, -0.2) is 0 Å². The van der Waals surface area contributed by atoms with E-state index in [1.54, 1.807) is 0 Å². The zero-order valence-corrected chi connectivity index (χ0v) is 16.3. The van der Waals surface area contributed by atoms with E-state index < -0.39 is 6.10 Å². The van der Waals surface area contributed by atoms with Gasteiger partial charge in [-0.2, -0.15) is 0 Å². The van der Waals surface area contributed by atoms with E-state index in [1.165, 1.54) is 0 Å². The van der Waals surface area contributed by atoms with Gasteiger partial charge in [-0.1, -0.05) is 19.1 Å². The molecule has 0 aromatic heterocycles. The fraction of sp³-hybridized carbons (Fsp3) is 0.409. The first-order valence-electron chi connectivity index (χ1n) is 9.54. The molecule has 1 aliphatic rings. The molecule has 1 saturated heterocycles. The van der Waals surface area contributed by atoms with Gasteiger partial charge in [0.2, 0.25) is 0 Å². The molecule has 2 aromatic carbocycles. The van der Waals surface area contributed by atoms with Gasteiger partial charge in [0.15, 0.2) is 6.10 Å². The van der Waals surface area contributed by atoms with Crippen molar-refractivity contribution in [2.24, 2.45) is 0 Å². The van der Waals surface area contributed by atoms with E-state index in [4.69, 9.17) is 9.47 Å². The average molecular weight is 368 g/mol. The number of morpholine rings is 1. The molecule has 1 aliphatic heterocycles. The summed E-state index contributed by atoms with van der Waals surface area (Å²) < 4.78 is 11.4. The van der Waals surface area contributed by atoms with Crippen molar-refractivity contribution in [3.8, 4) is 5.75 Å². The third-order valence-corrected chi connectivity index (χ3v) is 4.79. The molecule has 1 atom stereocenters. The van der Waals surface area contributed by atoms with Gasteiger partial charge in [0.1, 0.15) is 5.75 Å². The average Bonchev–Trinajstić information content (AvgIpc) is 2.69. The predicted octanol–water partition coefficient (Wildman–Crippen LogP) is 3.94. The molecule has 5 heteroatoms. The number of hydrogen-bond acceptors (Lipinski definition) is 4. The Morgan fingerprint density at radius 2 is 1.85 bits per heavy atom. The minimum atomic E-state index is -0.524. The van der Waals surface area contributed by atoms with Gasteiger partial charge in [-0.3, -0.25) is 4.79 Å². The number of nitrogens with zero attached hydrogens (tertiary/aromatic N) is 1. The highest BCUT2D eigenvalue weighted by molar-refractivity contribution is 5.94. The molecule has 0 saturated carbocycles. The molecule has 27 heavy (non-hydrogen) atoms. The summed E-state index contributed by atoms with van der Waals surface area (Å²) in [6.07, 6.45) is 0.0786.